The van der Waals surface area contributed by atoms with Crippen molar-refractivity contribution in [3.63, 3.8) is 0 Å². The van der Waals surface area contributed by atoms with Crippen LogP contribution >= 0.6 is 0 Å². The summed E-state index contributed by atoms with van der Waals surface area (Å²) in [5, 5.41) is 0. The summed E-state index contributed by atoms with van der Waals surface area (Å²) in [5.74, 6) is 0.847. The molecule has 3 nitrogen and oxygen atoms in total. The second kappa shape index (κ2) is 2.35. The van der Waals surface area contributed by atoms with Crippen molar-refractivity contribution in [2.75, 3.05) is 0 Å². The zero-order valence-corrected chi connectivity index (χ0v) is 4.70. The van der Waals surface area contributed by atoms with Crippen molar-refractivity contribution in [1.82, 2.24) is 15.0 Å². The van der Waals surface area contributed by atoms with Gasteiger partial charge in [0, 0.05) is 6.42 Å². The van der Waals surface area contributed by atoms with E-state index in [1.165, 1.54) is 12.7 Å². The Balaban J connectivity index is 2.83. The lowest BCUT2D eigenvalue weighted by Crippen LogP contribution is -1.90. The van der Waals surface area contributed by atoms with Crippen LogP contribution in [-0.2, 0) is 6.42 Å². The molecule has 0 fully saturated rings. The van der Waals surface area contributed by atoms with E-state index < -0.39 is 0 Å². The highest BCUT2D eigenvalue weighted by Crippen LogP contribution is 1.82. The maximum absolute atomic E-state index is 3.88. The molecule has 0 atom stereocenters. The lowest BCUT2D eigenvalue weighted by atomic mass is 10.5. The molecule has 0 radical (unpaired) electrons. The SMILES string of the molecule is CCc1ncncn1. The van der Waals surface area contributed by atoms with Crippen LogP contribution in [0.15, 0.2) is 12.7 Å². The Labute approximate surface area is 47.8 Å². The summed E-state index contributed by atoms with van der Waals surface area (Å²) >= 11 is 0. The van der Waals surface area contributed by atoms with Gasteiger partial charge in [0.2, 0.25) is 0 Å². The molecule has 0 saturated heterocycles. The van der Waals surface area contributed by atoms with Crippen LogP contribution in [0.25, 0.3) is 0 Å². The molecule has 1 rings (SSSR count). The van der Waals surface area contributed by atoms with E-state index >= 15 is 0 Å². The predicted octanol–water partition coefficient (Wildman–Crippen LogP) is 0.434. The van der Waals surface area contributed by atoms with Gasteiger partial charge in [-0.25, -0.2) is 15.0 Å². The van der Waals surface area contributed by atoms with Crippen LogP contribution in [0, 0.1) is 0 Å². The smallest absolute Gasteiger partial charge is 0.131 e. The summed E-state index contributed by atoms with van der Waals surface area (Å²) in [6, 6.07) is 0. The topological polar surface area (TPSA) is 38.7 Å². The van der Waals surface area contributed by atoms with E-state index in [0.717, 1.165) is 12.2 Å². The van der Waals surface area contributed by atoms with Gasteiger partial charge >= 0.3 is 0 Å². The molecular formula is C5H7N3. The van der Waals surface area contributed by atoms with Gasteiger partial charge in [0.15, 0.2) is 0 Å². The Kier molecular flexibility index (Phi) is 1.51. The average Bonchev–Trinajstić information content (AvgIpc) is 1.90. The Morgan fingerprint density at radius 2 is 2.00 bits per heavy atom. The van der Waals surface area contributed by atoms with Crippen molar-refractivity contribution < 1.29 is 0 Å². The zero-order chi connectivity index (χ0) is 5.82. The van der Waals surface area contributed by atoms with E-state index in [9.17, 15) is 0 Å². The van der Waals surface area contributed by atoms with Gasteiger partial charge in [0.25, 0.3) is 0 Å². The first-order valence-corrected chi connectivity index (χ1v) is 2.54. The molecule has 0 saturated carbocycles. The van der Waals surface area contributed by atoms with Gasteiger partial charge < -0.3 is 0 Å². The molecule has 0 bridgehead atoms. The Hall–Kier alpha value is -0.990. The van der Waals surface area contributed by atoms with Gasteiger partial charge in [-0.1, -0.05) is 6.92 Å². The quantitative estimate of drug-likeness (QED) is 0.525. The Morgan fingerprint density at radius 1 is 1.38 bits per heavy atom. The highest BCUT2D eigenvalue weighted by Gasteiger charge is 1.84. The molecule has 8 heavy (non-hydrogen) atoms. The number of rotatable bonds is 1. The largest absolute Gasteiger partial charge is 0.225 e. The highest BCUT2D eigenvalue weighted by atomic mass is 15.0. The van der Waals surface area contributed by atoms with Crippen LogP contribution in [0.2, 0.25) is 0 Å². The van der Waals surface area contributed by atoms with E-state index in [1.807, 2.05) is 6.92 Å². The summed E-state index contributed by atoms with van der Waals surface area (Å²) in [7, 11) is 0. The number of aryl methyl sites for hydroxylation is 1. The third kappa shape index (κ3) is 0.992. The van der Waals surface area contributed by atoms with Crippen molar-refractivity contribution in [3.05, 3.63) is 18.5 Å². The van der Waals surface area contributed by atoms with Crippen LogP contribution < -0.4 is 0 Å². The fourth-order valence-corrected chi connectivity index (χ4v) is 0.446. The van der Waals surface area contributed by atoms with Crippen molar-refractivity contribution in [1.29, 1.82) is 0 Å². The minimum absolute atomic E-state index is 0.847. The summed E-state index contributed by atoms with van der Waals surface area (Å²) in [4.78, 5) is 11.4. The van der Waals surface area contributed by atoms with Crippen LogP contribution in [-0.4, -0.2) is 15.0 Å². The Bertz CT molecular complexity index is 149. The van der Waals surface area contributed by atoms with E-state index in [1.54, 1.807) is 0 Å². The van der Waals surface area contributed by atoms with Crippen molar-refractivity contribution in [2.45, 2.75) is 13.3 Å². The van der Waals surface area contributed by atoms with Crippen LogP contribution in [0.5, 0.6) is 0 Å². The molecule has 0 spiro atoms. The lowest BCUT2D eigenvalue weighted by molar-refractivity contribution is 0.896. The van der Waals surface area contributed by atoms with E-state index in [2.05, 4.69) is 15.0 Å². The third-order valence-electron chi connectivity index (χ3n) is 0.863. The number of hydrogen-bond donors (Lipinski definition) is 0. The summed E-state index contributed by atoms with van der Waals surface area (Å²) < 4.78 is 0. The van der Waals surface area contributed by atoms with E-state index in [-0.39, 0.29) is 0 Å². The average molecular weight is 109 g/mol. The maximum Gasteiger partial charge on any atom is 0.131 e. The number of aromatic nitrogens is 3. The first-order valence-electron chi connectivity index (χ1n) is 2.54. The molecule has 0 N–H and O–H groups in total. The lowest BCUT2D eigenvalue weighted by Gasteiger charge is -1.87. The van der Waals surface area contributed by atoms with E-state index in [4.69, 9.17) is 0 Å². The van der Waals surface area contributed by atoms with Crippen molar-refractivity contribution in [2.24, 2.45) is 0 Å². The van der Waals surface area contributed by atoms with Gasteiger partial charge in [-0.2, -0.15) is 0 Å². The number of nitrogens with zero attached hydrogens (tertiary/aromatic N) is 3. The molecule has 42 valence electrons. The molecule has 3 heteroatoms. The third-order valence-corrected chi connectivity index (χ3v) is 0.863. The molecule has 1 aromatic heterocycles. The second-order valence-electron chi connectivity index (χ2n) is 1.41. The molecule has 0 aliphatic heterocycles. The monoisotopic (exact) mass is 109 g/mol. The molecule has 1 heterocycles. The van der Waals surface area contributed by atoms with Gasteiger partial charge in [-0.3, -0.25) is 0 Å². The van der Waals surface area contributed by atoms with Gasteiger partial charge in [-0.05, 0) is 0 Å². The maximum atomic E-state index is 3.88. The van der Waals surface area contributed by atoms with Crippen LogP contribution in [0.1, 0.15) is 12.7 Å². The van der Waals surface area contributed by atoms with E-state index in [0.29, 0.717) is 0 Å². The normalized spacial score (nSPS) is 9.12. The molecule has 0 amide bonds. The minimum atomic E-state index is 0.847. The standard InChI is InChI=1S/C5H7N3/c1-2-5-7-3-6-4-8-5/h3-4H,2H2,1H3. The first kappa shape index (κ1) is 5.15. The van der Waals surface area contributed by atoms with Crippen molar-refractivity contribution >= 4 is 0 Å². The minimum Gasteiger partial charge on any atom is -0.225 e. The zero-order valence-electron chi connectivity index (χ0n) is 4.70. The fraction of sp³-hybridized carbons (Fsp3) is 0.400. The molecular weight excluding hydrogens is 102 g/mol. The second-order valence-corrected chi connectivity index (χ2v) is 1.41. The van der Waals surface area contributed by atoms with Crippen molar-refractivity contribution in [3.8, 4) is 0 Å². The fourth-order valence-electron chi connectivity index (χ4n) is 0.446. The molecule has 0 aliphatic rings. The number of hydrogen-bond acceptors (Lipinski definition) is 3. The first-order chi connectivity index (χ1) is 3.93. The van der Waals surface area contributed by atoms with Crippen LogP contribution in [0.3, 0.4) is 0 Å². The van der Waals surface area contributed by atoms with Gasteiger partial charge in [-0.15, -0.1) is 0 Å². The van der Waals surface area contributed by atoms with Gasteiger partial charge in [0.1, 0.15) is 18.5 Å². The molecule has 0 aliphatic carbocycles. The highest BCUT2D eigenvalue weighted by molar-refractivity contribution is 4.78. The summed E-state index contributed by atoms with van der Waals surface area (Å²) in [6.45, 7) is 2.01. The summed E-state index contributed by atoms with van der Waals surface area (Å²) in [5.41, 5.74) is 0. The molecule has 1 aromatic rings. The predicted molar refractivity (Wildman–Crippen MR) is 29.2 cm³/mol. The molecule has 0 aromatic carbocycles. The van der Waals surface area contributed by atoms with Crippen LogP contribution in [0.4, 0.5) is 0 Å². The summed E-state index contributed by atoms with van der Waals surface area (Å²) in [6.07, 6.45) is 3.89. The molecule has 0 unspecified atom stereocenters. The Morgan fingerprint density at radius 3 is 2.38 bits per heavy atom. The van der Waals surface area contributed by atoms with Gasteiger partial charge in [0.05, 0.1) is 0 Å².